The molecule has 2 aromatic rings. The van der Waals surface area contributed by atoms with Crippen LogP contribution in [0.5, 0.6) is 0 Å². The number of halogens is 2. The minimum Gasteiger partial charge on any atom is -0.348 e. The van der Waals surface area contributed by atoms with Crippen LogP contribution in [0.1, 0.15) is 43.9 Å². The van der Waals surface area contributed by atoms with Crippen LogP contribution in [0.4, 0.5) is 9.18 Å². The van der Waals surface area contributed by atoms with Crippen molar-refractivity contribution < 1.29 is 14.0 Å². The minimum absolute atomic E-state index is 0.241. The third-order valence-electron chi connectivity index (χ3n) is 4.27. The first-order valence-electron chi connectivity index (χ1n) is 9.23. The minimum atomic E-state index is -0.653. The predicted octanol–water partition coefficient (Wildman–Crippen LogP) is 4.32. The summed E-state index contributed by atoms with van der Waals surface area (Å²) in [5.74, 6) is -0.590. The van der Waals surface area contributed by atoms with Gasteiger partial charge in [0.2, 0.25) is 5.91 Å². The number of nitrogens with one attached hydrogen (secondary N) is 3. The molecule has 0 saturated heterocycles. The predicted molar refractivity (Wildman–Crippen MR) is 108 cm³/mol. The molecule has 7 heteroatoms. The van der Waals surface area contributed by atoms with Crippen molar-refractivity contribution in [2.45, 2.75) is 45.3 Å². The molecule has 0 heterocycles. The molecular formula is C21H25ClFN3O2. The van der Waals surface area contributed by atoms with E-state index in [-0.39, 0.29) is 24.3 Å². The zero-order valence-electron chi connectivity index (χ0n) is 16.0. The van der Waals surface area contributed by atoms with E-state index in [0.717, 1.165) is 17.5 Å². The van der Waals surface area contributed by atoms with Crippen LogP contribution < -0.4 is 16.0 Å². The van der Waals surface area contributed by atoms with Gasteiger partial charge in [-0.05, 0) is 48.7 Å². The molecule has 0 aromatic heterocycles. The molecule has 0 unspecified atom stereocenters. The summed E-state index contributed by atoms with van der Waals surface area (Å²) in [6.07, 6.45) is 1.25. The summed E-state index contributed by atoms with van der Waals surface area (Å²) in [5.41, 5.74) is 1.65. The quantitative estimate of drug-likeness (QED) is 0.612. The van der Waals surface area contributed by atoms with Crippen molar-refractivity contribution in [2.75, 3.05) is 0 Å². The standard InChI is InChI=1S/C21H25ClFN3O2/c1-3-5-19(20(27)25-14(2)16-6-4-7-17(22)12-16)26-21(28)24-13-15-8-10-18(23)11-9-15/h4,6-12,14,19H,3,5,13H2,1-2H3,(H,25,27)(H2,24,26,28)/t14-,19+/m0/s1. The Morgan fingerprint density at radius 1 is 1.11 bits per heavy atom. The van der Waals surface area contributed by atoms with Gasteiger partial charge in [0, 0.05) is 11.6 Å². The summed E-state index contributed by atoms with van der Waals surface area (Å²) in [4.78, 5) is 24.8. The normalized spacial score (nSPS) is 12.7. The average Bonchev–Trinajstić information content (AvgIpc) is 2.67. The fraction of sp³-hybridized carbons (Fsp3) is 0.333. The van der Waals surface area contributed by atoms with Crippen molar-refractivity contribution in [2.24, 2.45) is 0 Å². The number of benzene rings is 2. The Balaban J connectivity index is 1.90. The van der Waals surface area contributed by atoms with E-state index in [1.165, 1.54) is 12.1 Å². The van der Waals surface area contributed by atoms with Crippen LogP contribution in [0.15, 0.2) is 48.5 Å². The van der Waals surface area contributed by atoms with Crippen LogP contribution in [0.3, 0.4) is 0 Å². The molecule has 3 amide bonds. The van der Waals surface area contributed by atoms with Gasteiger partial charge >= 0.3 is 6.03 Å². The SMILES string of the molecule is CCC[C@@H](NC(=O)NCc1ccc(F)cc1)C(=O)N[C@@H](C)c1cccc(Cl)c1. The highest BCUT2D eigenvalue weighted by molar-refractivity contribution is 6.30. The Bertz CT molecular complexity index is 798. The summed E-state index contributed by atoms with van der Waals surface area (Å²) in [6.45, 7) is 4.05. The molecule has 0 spiro atoms. The average molecular weight is 406 g/mol. The van der Waals surface area contributed by atoms with E-state index in [2.05, 4.69) is 16.0 Å². The van der Waals surface area contributed by atoms with Crippen LogP contribution in [-0.2, 0) is 11.3 Å². The number of carbonyl (C=O) groups is 2. The Hall–Kier alpha value is -2.60. The van der Waals surface area contributed by atoms with Gasteiger partial charge in [-0.15, -0.1) is 0 Å². The van der Waals surface area contributed by atoms with E-state index in [1.54, 1.807) is 24.3 Å². The van der Waals surface area contributed by atoms with Gasteiger partial charge in [-0.25, -0.2) is 9.18 Å². The second-order valence-electron chi connectivity index (χ2n) is 6.58. The Morgan fingerprint density at radius 2 is 1.82 bits per heavy atom. The molecule has 0 radical (unpaired) electrons. The topological polar surface area (TPSA) is 70.2 Å². The molecule has 150 valence electrons. The van der Waals surface area contributed by atoms with Crippen molar-refractivity contribution in [1.29, 1.82) is 0 Å². The number of rotatable bonds is 8. The number of hydrogen-bond donors (Lipinski definition) is 3. The van der Waals surface area contributed by atoms with Gasteiger partial charge in [0.1, 0.15) is 11.9 Å². The molecule has 5 nitrogen and oxygen atoms in total. The van der Waals surface area contributed by atoms with Gasteiger partial charge in [0.05, 0.1) is 6.04 Å². The molecular weight excluding hydrogens is 381 g/mol. The zero-order valence-corrected chi connectivity index (χ0v) is 16.7. The molecule has 0 aliphatic heterocycles. The lowest BCUT2D eigenvalue weighted by molar-refractivity contribution is -0.123. The largest absolute Gasteiger partial charge is 0.348 e. The van der Waals surface area contributed by atoms with Crippen molar-refractivity contribution >= 4 is 23.5 Å². The number of urea groups is 1. The number of hydrogen-bond acceptors (Lipinski definition) is 2. The van der Waals surface area contributed by atoms with E-state index in [4.69, 9.17) is 11.6 Å². The van der Waals surface area contributed by atoms with Crippen molar-refractivity contribution in [3.8, 4) is 0 Å². The molecule has 0 aliphatic carbocycles. The fourth-order valence-electron chi connectivity index (χ4n) is 2.72. The lowest BCUT2D eigenvalue weighted by atomic mass is 10.1. The smallest absolute Gasteiger partial charge is 0.315 e. The second kappa shape index (κ2) is 10.7. The van der Waals surface area contributed by atoms with Crippen LogP contribution >= 0.6 is 11.6 Å². The summed E-state index contributed by atoms with van der Waals surface area (Å²) in [5, 5.41) is 8.90. The van der Waals surface area contributed by atoms with Gasteiger partial charge in [0.25, 0.3) is 0 Å². The maximum atomic E-state index is 12.9. The molecule has 0 fully saturated rings. The third-order valence-corrected chi connectivity index (χ3v) is 4.51. The van der Waals surface area contributed by atoms with E-state index >= 15 is 0 Å². The highest BCUT2D eigenvalue weighted by Gasteiger charge is 2.21. The van der Waals surface area contributed by atoms with Gasteiger partial charge in [-0.1, -0.05) is 49.2 Å². The van der Waals surface area contributed by atoms with Gasteiger partial charge in [0.15, 0.2) is 0 Å². The monoisotopic (exact) mass is 405 g/mol. The molecule has 0 bridgehead atoms. The maximum Gasteiger partial charge on any atom is 0.315 e. The highest BCUT2D eigenvalue weighted by atomic mass is 35.5. The van der Waals surface area contributed by atoms with Gasteiger partial charge < -0.3 is 16.0 Å². The first kappa shape index (κ1) is 21.7. The zero-order chi connectivity index (χ0) is 20.5. The van der Waals surface area contributed by atoms with Crippen LogP contribution in [0.25, 0.3) is 0 Å². The van der Waals surface area contributed by atoms with Crippen LogP contribution in [0.2, 0.25) is 5.02 Å². The molecule has 28 heavy (non-hydrogen) atoms. The molecule has 2 atom stereocenters. The lowest BCUT2D eigenvalue weighted by Crippen LogP contribution is -2.50. The van der Waals surface area contributed by atoms with E-state index < -0.39 is 12.1 Å². The highest BCUT2D eigenvalue weighted by Crippen LogP contribution is 2.17. The lowest BCUT2D eigenvalue weighted by Gasteiger charge is -2.21. The Labute approximate surface area is 169 Å². The fourth-order valence-corrected chi connectivity index (χ4v) is 2.92. The molecule has 0 aliphatic rings. The van der Waals surface area contributed by atoms with Gasteiger partial charge in [-0.2, -0.15) is 0 Å². The summed E-state index contributed by atoms with van der Waals surface area (Å²) < 4.78 is 12.9. The summed E-state index contributed by atoms with van der Waals surface area (Å²) in [6, 6.07) is 11.8. The van der Waals surface area contributed by atoms with Crippen molar-refractivity contribution in [1.82, 2.24) is 16.0 Å². The first-order chi connectivity index (χ1) is 13.4. The van der Waals surface area contributed by atoms with Crippen LogP contribution in [0, 0.1) is 5.82 Å². The van der Waals surface area contributed by atoms with E-state index in [9.17, 15) is 14.0 Å². The third kappa shape index (κ3) is 6.85. The van der Waals surface area contributed by atoms with Crippen molar-refractivity contribution in [3.05, 3.63) is 70.5 Å². The Kier molecular flexibility index (Phi) is 8.26. The molecule has 2 rings (SSSR count). The van der Waals surface area contributed by atoms with E-state index in [0.29, 0.717) is 11.4 Å². The molecule has 3 N–H and O–H groups in total. The number of amides is 3. The first-order valence-corrected chi connectivity index (χ1v) is 9.61. The van der Waals surface area contributed by atoms with Gasteiger partial charge in [-0.3, -0.25) is 4.79 Å². The van der Waals surface area contributed by atoms with Crippen molar-refractivity contribution in [3.63, 3.8) is 0 Å². The van der Waals surface area contributed by atoms with Crippen LogP contribution in [-0.4, -0.2) is 18.0 Å². The van der Waals surface area contributed by atoms with E-state index in [1.807, 2.05) is 26.0 Å². The molecule has 0 saturated carbocycles. The summed E-state index contributed by atoms with van der Waals surface area (Å²) in [7, 11) is 0. The molecule has 2 aromatic carbocycles. The summed E-state index contributed by atoms with van der Waals surface area (Å²) >= 11 is 6.00. The Morgan fingerprint density at radius 3 is 2.46 bits per heavy atom. The second-order valence-corrected chi connectivity index (χ2v) is 7.02. The maximum absolute atomic E-state index is 12.9. The number of carbonyl (C=O) groups excluding carboxylic acids is 2.